The van der Waals surface area contributed by atoms with Crippen molar-refractivity contribution in [1.82, 2.24) is 20.1 Å². The van der Waals surface area contributed by atoms with Crippen molar-refractivity contribution in [3.63, 3.8) is 0 Å². The van der Waals surface area contributed by atoms with Gasteiger partial charge in [0.25, 0.3) is 5.91 Å². The Balaban J connectivity index is 1.06. The van der Waals surface area contributed by atoms with Gasteiger partial charge in [-0.1, -0.05) is 30.3 Å². The van der Waals surface area contributed by atoms with E-state index in [4.69, 9.17) is 0 Å². The zero-order chi connectivity index (χ0) is 27.2. The van der Waals surface area contributed by atoms with Crippen LogP contribution in [0.5, 0.6) is 0 Å². The number of carbonyl (C=O) groups excluding carboxylic acids is 3. The Hall–Kier alpha value is -3.63. The van der Waals surface area contributed by atoms with Crippen LogP contribution in [-0.4, -0.2) is 64.2 Å². The lowest BCUT2D eigenvalue weighted by Crippen LogP contribution is -2.44. The molecule has 1 saturated heterocycles. The predicted octanol–water partition coefficient (Wildman–Crippen LogP) is 3.85. The minimum Gasteiger partial charge on any atom is -0.353 e. The first kappa shape index (κ1) is 27.0. The monoisotopic (exact) mass is 549 g/mol. The van der Waals surface area contributed by atoms with Gasteiger partial charge < -0.3 is 15.5 Å². The molecule has 2 heterocycles. The number of hydrogen-bond donors (Lipinski definition) is 2. The summed E-state index contributed by atoms with van der Waals surface area (Å²) in [6.45, 7) is 2.69. The van der Waals surface area contributed by atoms with Crippen LogP contribution in [0.4, 0.5) is 9.52 Å². The number of carbonyl (C=O) groups is 3. The van der Waals surface area contributed by atoms with Gasteiger partial charge in [0, 0.05) is 42.7 Å². The number of benzene rings is 2. The smallest absolute Gasteiger partial charge is 0.254 e. The fourth-order valence-corrected chi connectivity index (χ4v) is 5.52. The quantitative estimate of drug-likeness (QED) is 0.401. The number of hydrogen-bond acceptors (Lipinski definition) is 6. The summed E-state index contributed by atoms with van der Waals surface area (Å²) in [7, 11) is 0. The molecule has 1 aliphatic heterocycles. The Bertz CT molecular complexity index is 1290. The summed E-state index contributed by atoms with van der Waals surface area (Å²) in [5.74, 6) is -1.15. The highest BCUT2D eigenvalue weighted by molar-refractivity contribution is 7.13. The average Bonchev–Trinajstić information content (AvgIpc) is 3.69. The van der Waals surface area contributed by atoms with E-state index in [1.54, 1.807) is 5.38 Å². The van der Waals surface area contributed by atoms with Crippen molar-refractivity contribution >= 4 is 34.2 Å². The summed E-state index contributed by atoms with van der Waals surface area (Å²) in [6.07, 6.45) is 3.63. The fraction of sp³-hybridized carbons (Fsp3) is 0.379. The van der Waals surface area contributed by atoms with Crippen LogP contribution in [0, 0.1) is 5.82 Å². The van der Waals surface area contributed by atoms with E-state index in [0.29, 0.717) is 16.4 Å². The van der Waals surface area contributed by atoms with Crippen LogP contribution in [0.25, 0.3) is 0 Å². The van der Waals surface area contributed by atoms with Crippen molar-refractivity contribution < 1.29 is 18.8 Å². The van der Waals surface area contributed by atoms with Crippen molar-refractivity contribution in [2.24, 2.45) is 0 Å². The number of rotatable bonds is 10. The number of nitrogens with zero attached hydrogens (tertiary/aromatic N) is 3. The SMILES string of the molecule is O=C(CN(C(=O)c1ccc(F)cc1)C1CC1)Nc1nc(CC(=O)NC2CCN(Cc3ccccc3)CC2)cs1. The second-order valence-electron chi connectivity index (χ2n) is 10.1. The molecule has 5 rings (SSSR count). The largest absolute Gasteiger partial charge is 0.353 e. The number of thiazole rings is 1. The fourth-order valence-electron chi connectivity index (χ4n) is 4.79. The molecule has 0 bridgehead atoms. The van der Waals surface area contributed by atoms with Gasteiger partial charge in [0.1, 0.15) is 12.4 Å². The molecule has 2 fully saturated rings. The molecule has 0 radical (unpaired) electrons. The first-order chi connectivity index (χ1) is 18.9. The van der Waals surface area contributed by atoms with E-state index >= 15 is 0 Å². The zero-order valence-electron chi connectivity index (χ0n) is 21.6. The number of halogens is 1. The number of anilines is 1. The molecule has 39 heavy (non-hydrogen) atoms. The lowest BCUT2D eigenvalue weighted by atomic mass is 10.0. The Kier molecular flexibility index (Phi) is 8.63. The standard InChI is InChI=1S/C29H32FN5O3S/c30-22-8-6-21(7-9-22)28(38)35(25-10-11-25)18-27(37)33-29-32-24(19-39-29)16-26(36)31-23-12-14-34(15-13-23)17-20-4-2-1-3-5-20/h1-9,19,23,25H,10-18H2,(H,31,36)(H,32,33,37). The Morgan fingerprint density at radius 2 is 1.69 bits per heavy atom. The van der Waals surface area contributed by atoms with Crippen molar-refractivity contribution in [2.45, 2.75) is 50.7 Å². The van der Waals surface area contributed by atoms with Gasteiger partial charge in [-0.25, -0.2) is 9.37 Å². The molecule has 0 unspecified atom stereocenters. The van der Waals surface area contributed by atoms with Gasteiger partial charge >= 0.3 is 0 Å². The number of amides is 3. The molecule has 3 aromatic rings. The molecule has 0 spiro atoms. The predicted molar refractivity (Wildman–Crippen MR) is 148 cm³/mol. The van der Waals surface area contributed by atoms with E-state index < -0.39 is 5.82 Å². The number of nitrogens with one attached hydrogen (secondary N) is 2. The third kappa shape index (κ3) is 7.70. The molecule has 2 N–H and O–H groups in total. The van der Waals surface area contributed by atoms with Crippen LogP contribution < -0.4 is 10.6 Å². The van der Waals surface area contributed by atoms with E-state index in [9.17, 15) is 18.8 Å². The first-order valence-corrected chi connectivity index (χ1v) is 14.2. The summed E-state index contributed by atoms with van der Waals surface area (Å²) in [5, 5.41) is 8.03. The van der Waals surface area contributed by atoms with Crippen LogP contribution >= 0.6 is 11.3 Å². The second kappa shape index (κ2) is 12.5. The minimum absolute atomic E-state index is 0.00839. The summed E-state index contributed by atoms with van der Waals surface area (Å²) in [6, 6.07) is 15.9. The maximum absolute atomic E-state index is 13.2. The van der Waals surface area contributed by atoms with E-state index in [-0.39, 0.29) is 42.8 Å². The van der Waals surface area contributed by atoms with Gasteiger partial charge in [-0.05, 0) is 55.5 Å². The Labute approximate surface area is 231 Å². The Morgan fingerprint density at radius 1 is 0.974 bits per heavy atom. The van der Waals surface area contributed by atoms with Crippen LogP contribution in [0.3, 0.4) is 0 Å². The summed E-state index contributed by atoms with van der Waals surface area (Å²) >= 11 is 1.25. The number of piperidine rings is 1. The van der Waals surface area contributed by atoms with E-state index in [0.717, 1.165) is 45.3 Å². The van der Waals surface area contributed by atoms with E-state index in [1.165, 1.54) is 46.1 Å². The van der Waals surface area contributed by atoms with Crippen LogP contribution in [-0.2, 0) is 22.6 Å². The highest BCUT2D eigenvalue weighted by atomic mass is 32.1. The van der Waals surface area contributed by atoms with Crippen LogP contribution in [0.15, 0.2) is 60.0 Å². The van der Waals surface area contributed by atoms with Gasteiger partial charge in [-0.15, -0.1) is 11.3 Å². The summed E-state index contributed by atoms with van der Waals surface area (Å²) in [4.78, 5) is 46.5. The Morgan fingerprint density at radius 3 is 2.38 bits per heavy atom. The molecule has 1 aliphatic carbocycles. The normalized spacial score (nSPS) is 16.0. The average molecular weight is 550 g/mol. The van der Waals surface area contributed by atoms with Crippen LogP contribution in [0.1, 0.15) is 47.3 Å². The third-order valence-electron chi connectivity index (χ3n) is 7.00. The van der Waals surface area contributed by atoms with Gasteiger partial charge in [0.2, 0.25) is 11.8 Å². The second-order valence-corrected chi connectivity index (χ2v) is 11.0. The van der Waals surface area contributed by atoms with Crippen molar-refractivity contribution in [3.8, 4) is 0 Å². The van der Waals surface area contributed by atoms with E-state index in [1.807, 2.05) is 6.07 Å². The lowest BCUT2D eigenvalue weighted by Gasteiger charge is -2.32. The van der Waals surface area contributed by atoms with Crippen LogP contribution in [0.2, 0.25) is 0 Å². The van der Waals surface area contributed by atoms with Gasteiger partial charge in [-0.3, -0.25) is 19.3 Å². The molecular formula is C29H32FN5O3S. The van der Waals surface area contributed by atoms with Gasteiger partial charge in [0.15, 0.2) is 5.13 Å². The zero-order valence-corrected chi connectivity index (χ0v) is 22.5. The van der Waals surface area contributed by atoms with Gasteiger partial charge in [-0.2, -0.15) is 0 Å². The molecule has 204 valence electrons. The highest BCUT2D eigenvalue weighted by Gasteiger charge is 2.34. The van der Waals surface area contributed by atoms with Crippen molar-refractivity contribution in [1.29, 1.82) is 0 Å². The molecular weight excluding hydrogens is 517 g/mol. The molecule has 8 nitrogen and oxygen atoms in total. The maximum Gasteiger partial charge on any atom is 0.254 e. The minimum atomic E-state index is -0.417. The highest BCUT2D eigenvalue weighted by Crippen LogP contribution is 2.28. The number of likely N-dealkylation sites (tertiary alicyclic amines) is 1. The molecule has 2 aromatic carbocycles. The van der Waals surface area contributed by atoms with E-state index in [2.05, 4.69) is 44.8 Å². The molecule has 1 saturated carbocycles. The molecule has 3 amide bonds. The molecule has 1 aromatic heterocycles. The third-order valence-corrected chi connectivity index (χ3v) is 7.80. The maximum atomic E-state index is 13.2. The molecule has 0 atom stereocenters. The van der Waals surface area contributed by atoms with Gasteiger partial charge in [0.05, 0.1) is 12.1 Å². The lowest BCUT2D eigenvalue weighted by molar-refractivity contribution is -0.121. The molecule has 2 aliphatic rings. The van der Waals surface area contributed by atoms with Crippen molar-refractivity contribution in [2.75, 3.05) is 25.0 Å². The topological polar surface area (TPSA) is 94.6 Å². The summed E-state index contributed by atoms with van der Waals surface area (Å²) in [5.41, 5.74) is 2.24. The number of aromatic nitrogens is 1. The summed E-state index contributed by atoms with van der Waals surface area (Å²) < 4.78 is 13.2. The molecule has 10 heteroatoms. The van der Waals surface area contributed by atoms with Crippen molar-refractivity contribution in [3.05, 3.63) is 82.6 Å². The first-order valence-electron chi connectivity index (χ1n) is 13.3.